The fraction of sp³-hybridized carbons (Fsp3) is 0. The Morgan fingerprint density at radius 3 is 0.975 bits per heavy atom. The highest BCUT2D eigenvalue weighted by Crippen LogP contribution is 2.32. The molecule has 0 N–H and O–H groups in total. The molecule has 0 spiro atoms. The minimum absolute atomic E-state index is 0.618. The van der Waals surface area contributed by atoms with Gasteiger partial charge in [-0.05, 0) is 12.1 Å². The number of benzene rings is 5. The van der Waals surface area contributed by atoms with Crippen molar-refractivity contribution in [1.82, 2.24) is 24.9 Å². The van der Waals surface area contributed by atoms with E-state index in [9.17, 15) is 0 Å². The number of rotatable bonds is 5. The molecule has 0 bridgehead atoms. The van der Waals surface area contributed by atoms with E-state index in [1.165, 1.54) is 0 Å². The summed E-state index contributed by atoms with van der Waals surface area (Å²) in [6, 6.07) is 46.4. The number of para-hydroxylation sites is 2. The van der Waals surface area contributed by atoms with Crippen LogP contribution in [0.3, 0.4) is 0 Å². The van der Waals surface area contributed by atoms with Crippen molar-refractivity contribution in [2.45, 2.75) is 0 Å². The maximum Gasteiger partial charge on any atom is 0.164 e. The lowest BCUT2D eigenvalue weighted by Crippen LogP contribution is -2.00. The molecule has 0 saturated heterocycles. The van der Waals surface area contributed by atoms with Crippen LogP contribution in [0.5, 0.6) is 0 Å². The SMILES string of the molecule is c1ccc(-c2nc(-c3ccccc3)nc(-c3ccc(-c4nc5ccccc5nc4-c4ccccc4)cc3)n2)cc1. The summed E-state index contributed by atoms with van der Waals surface area (Å²) in [6.07, 6.45) is 0. The lowest BCUT2D eigenvalue weighted by molar-refractivity contribution is 1.07. The van der Waals surface area contributed by atoms with Gasteiger partial charge < -0.3 is 0 Å². The summed E-state index contributed by atoms with van der Waals surface area (Å²) in [5, 5.41) is 0. The van der Waals surface area contributed by atoms with Gasteiger partial charge in [-0.1, -0.05) is 127 Å². The second kappa shape index (κ2) is 10.3. The summed E-state index contributed by atoms with van der Waals surface area (Å²) < 4.78 is 0. The van der Waals surface area contributed by atoms with E-state index in [4.69, 9.17) is 24.9 Å². The molecule has 5 aromatic carbocycles. The first-order chi connectivity index (χ1) is 19.8. The Morgan fingerprint density at radius 2 is 0.550 bits per heavy atom. The highest BCUT2D eigenvalue weighted by molar-refractivity contribution is 5.86. The first-order valence-electron chi connectivity index (χ1n) is 13.1. The summed E-state index contributed by atoms with van der Waals surface area (Å²) in [4.78, 5) is 24.5. The minimum atomic E-state index is 0.618. The van der Waals surface area contributed by atoms with E-state index >= 15 is 0 Å². The summed E-state index contributed by atoms with van der Waals surface area (Å²) in [5.74, 6) is 1.90. The van der Waals surface area contributed by atoms with Gasteiger partial charge in [0.2, 0.25) is 0 Å². The fourth-order valence-electron chi connectivity index (χ4n) is 4.71. The van der Waals surface area contributed by atoms with Crippen LogP contribution >= 0.6 is 0 Å². The van der Waals surface area contributed by atoms with Gasteiger partial charge >= 0.3 is 0 Å². The van der Waals surface area contributed by atoms with Gasteiger partial charge in [-0.3, -0.25) is 0 Å². The van der Waals surface area contributed by atoms with Crippen LogP contribution in [-0.2, 0) is 0 Å². The second-order valence-electron chi connectivity index (χ2n) is 9.39. The van der Waals surface area contributed by atoms with Gasteiger partial charge in [-0.2, -0.15) is 0 Å². The molecule has 5 nitrogen and oxygen atoms in total. The van der Waals surface area contributed by atoms with Gasteiger partial charge in [0.25, 0.3) is 0 Å². The number of hydrogen-bond acceptors (Lipinski definition) is 5. The molecule has 2 heterocycles. The van der Waals surface area contributed by atoms with Gasteiger partial charge in [0.15, 0.2) is 17.5 Å². The molecule has 0 aliphatic heterocycles. The van der Waals surface area contributed by atoms with Crippen LogP contribution < -0.4 is 0 Å². The predicted molar refractivity (Wildman–Crippen MR) is 160 cm³/mol. The third kappa shape index (κ3) is 4.61. The van der Waals surface area contributed by atoms with Crippen molar-refractivity contribution in [3.63, 3.8) is 0 Å². The number of hydrogen-bond donors (Lipinski definition) is 0. The third-order valence-corrected chi connectivity index (χ3v) is 6.73. The van der Waals surface area contributed by atoms with Crippen LogP contribution in [0.15, 0.2) is 140 Å². The number of aromatic nitrogens is 5. The third-order valence-electron chi connectivity index (χ3n) is 6.73. The van der Waals surface area contributed by atoms with Crippen molar-refractivity contribution >= 4 is 11.0 Å². The molecule has 0 aliphatic carbocycles. The molecular formula is C35H23N5. The topological polar surface area (TPSA) is 64.5 Å². The Labute approximate surface area is 231 Å². The van der Waals surface area contributed by atoms with E-state index in [0.717, 1.165) is 50.2 Å². The van der Waals surface area contributed by atoms with Gasteiger partial charge in [0.1, 0.15) is 0 Å². The van der Waals surface area contributed by atoms with Crippen molar-refractivity contribution in [3.05, 3.63) is 140 Å². The Hall–Kier alpha value is -5.55. The largest absolute Gasteiger partial charge is 0.244 e. The van der Waals surface area contributed by atoms with Crippen LogP contribution in [0, 0.1) is 0 Å². The average Bonchev–Trinajstić information content (AvgIpc) is 3.05. The van der Waals surface area contributed by atoms with Crippen molar-refractivity contribution in [2.24, 2.45) is 0 Å². The van der Waals surface area contributed by atoms with E-state index < -0.39 is 0 Å². The summed E-state index contributed by atoms with van der Waals surface area (Å²) in [5.41, 5.74) is 8.20. The highest BCUT2D eigenvalue weighted by atomic mass is 15.0. The van der Waals surface area contributed by atoms with E-state index in [0.29, 0.717) is 17.5 Å². The van der Waals surface area contributed by atoms with Crippen LogP contribution in [0.4, 0.5) is 0 Å². The molecule has 0 fully saturated rings. The number of fused-ring (bicyclic) bond motifs is 1. The maximum atomic E-state index is 5.03. The van der Waals surface area contributed by atoms with Crippen molar-refractivity contribution in [3.8, 4) is 56.7 Å². The molecule has 5 heteroatoms. The molecule has 0 saturated carbocycles. The van der Waals surface area contributed by atoms with Gasteiger partial charge in [-0.15, -0.1) is 0 Å². The maximum absolute atomic E-state index is 5.03. The lowest BCUT2D eigenvalue weighted by atomic mass is 10.0. The highest BCUT2D eigenvalue weighted by Gasteiger charge is 2.15. The lowest BCUT2D eigenvalue weighted by Gasteiger charge is -2.12. The second-order valence-corrected chi connectivity index (χ2v) is 9.39. The zero-order chi connectivity index (χ0) is 26.7. The van der Waals surface area contributed by atoms with E-state index in [1.807, 2.05) is 115 Å². The zero-order valence-electron chi connectivity index (χ0n) is 21.5. The Kier molecular flexibility index (Phi) is 6.07. The molecule has 0 radical (unpaired) electrons. The molecule has 0 atom stereocenters. The van der Waals surface area contributed by atoms with Gasteiger partial charge in [0, 0.05) is 27.8 Å². The standard InChI is InChI=1S/C35H23N5/c1-4-12-24(13-5-1)31-32(37-30-19-11-10-18-29(30)36-31)25-20-22-28(23-21-25)35-39-33(26-14-6-2-7-15-26)38-34(40-35)27-16-8-3-9-17-27/h1-23H. The normalized spacial score (nSPS) is 11.0. The van der Waals surface area contributed by atoms with Crippen LogP contribution in [0.2, 0.25) is 0 Å². The summed E-state index contributed by atoms with van der Waals surface area (Å²) in [7, 11) is 0. The van der Waals surface area contributed by atoms with Gasteiger partial charge in [-0.25, -0.2) is 24.9 Å². The Bertz CT molecular complexity index is 1860. The molecule has 0 aliphatic rings. The monoisotopic (exact) mass is 513 g/mol. The zero-order valence-corrected chi connectivity index (χ0v) is 21.5. The van der Waals surface area contributed by atoms with E-state index in [-0.39, 0.29) is 0 Å². The molecule has 40 heavy (non-hydrogen) atoms. The van der Waals surface area contributed by atoms with Crippen molar-refractivity contribution in [2.75, 3.05) is 0 Å². The average molecular weight is 514 g/mol. The molecule has 0 unspecified atom stereocenters. The molecular weight excluding hydrogens is 490 g/mol. The van der Waals surface area contributed by atoms with E-state index in [2.05, 4.69) is 24.3 Å². The molecule has 2 aromatic heterocycles. The molecule has 188 valence electrons. The molecule has 0 amide bonds. The van der Waals surface area contributed by atoms with Crippen molar-refractivity contribution in [1.29, 1.82) is 0 Å². The van der Waals surface area contributed by atoms with Crippen LogP contribution in [-0.4, -0.2) is 24.9 Å². The fourth-order valence-corrected chi connectivity index (χ4v) is 4.71. The van der Waals surface area contributed by atoms with Crippen LogP contribution in [0.25, 0.3) is 67.7 Å². The smallest absolute Gasteiger partial charge is 0.164 e. The Morgan fingerprint density at radius 1 is 0.250 bits per heavy atom. The Balaban J connectivity index is 1.34. The van der Waals surface area contributed by atoms with Crippen molar-refractivity contribution < 1.29 is 0 Å². The molecule has 7 rings (SSSR count). The van der Waals surface area contributed by atoms with E-state index in [1.54, 1.807) is 0 Å². The summed E-state index contributed by atoms with van der Waals surface area (Å²) in [6.45, 7) is 0. The predicted octanol–water partition coefficient (Wildman–Crippen LogP) is 8.15. The summed E-state index contributed by atoms with van der Waals surface area (Å²) >= 11 is 0. The van der Waals surface area contributed by atoms with Gasteiger partial charge in [0.05, 0.1) is 22.4 Å². The minimum Gasteiger partial charge on any atom is -0.244 e. The van der Waals surface area contributed by atoms with Crippen LogP contribution in [0.1, 0.15) is 0 Å². The quantitative estimate of drug-likeness (QED) is 0.232. The molecule has 7 aromatic rings. The first-order valence-corrected chi connectivity index (χ1v) is 13.1. The first kappa shape index (κ1) is 23.6. The number of nitrogens with zero attached hydrogens (tertiary/aromatic N) is 5.